The topological polar surface area (TPSA) is 64.6 Å². The van der Waals surface area contributed by atoms with Crippen molar-refractivity contribution in [3.05, 3.63) is 59.7 Å². The van der Waals surface area contributed by atoms with Gasteiger partial charge in [-0.05, 0) is 30.2 Å². The first kappa shape index (κ1) is 15.8. The van der Waals surface area contributed by atoms with E-state index < -0.39 is 10.0 Å². The number of hydrogen-bond donors (Lipinski definition) is 1. The Kier molecular flexibility index (Phi) is 4.54. The molecule has 0 amide bonds. The first-order valence-electron chi connectivity index (χ1n) is 7.44. The van der Waals surface area contributed by atoms with Crippen molar-refractivity contribution in [2.24, 2.45) is 0 Å². The largest absolute Gasteiger partial charge is 0.486 e. The summed E-state index contributed by atoms with van der Waals surface area (Å²) >= 11 is 0. The second-order valence-electron chi connectivity index (χ2n) is 5.53. The maximum Gasteiger partial charge on any atom is 0.215 e. The van der Waals surface area contributed by atoms with E-state index in [2.05, 4.69) is 4.72 Å². The van der Waals surface area contributed by atoms with E-state index >= 15 is 0 Å². The highest BCUT2D eigenvalue weighted by atomic mass is 32.2. The van der Waals surface area contributed by atoms with Gasteiger partial charge in [0.05, 0.1) is 12.3 Å². The molecule has 1 aliphatic rings. The fourth-order valence-corrected chi connectivity index (χ4v) is 3.69. The highest BCUT2D eigenvalue weighted by Crippen LogP contribution is 2.30. The molecule has 6 heteroatoms. The summed E-state index contributed by atoms with van der Waals surface area (Å²) in [5.41, 5.74) is 1.76. The van der Waals surface area contributed by atoms with Gasteiger partial charge in [-0.2, -0.15) is 0 Å². The van der Waals surface area contributed by atoms with E-state index in [9.17, 15) is 8.42 Å². The lowest BCUT2D eigenvalue weighted by Gasteiger charge is -2.26. The Labute approximate surface area is 136 Å². The van der Waals surface area contributed by atoms with Crippen molar-refractivity contribution >= 4 is 10.0 Å². The summed E-state index contributed by atoms with van der Waals surface area (Å²) in [7, 11) is -3.42. The molecule has 0 fully saturated rings. The average molecular weight is 333 g/mol. The van der Waals surface area contributed by atoms with Crippen LogP contribution in [0.15, 0.2) is 48.5 Å². The molecule has 1 atom stereocenters. The lowest BCUT2D eigenvalue weighted by Crippen LogP contribution is -2.41. The molecule has 0 bridgehead atoms. The summed E-state index contributed by atoms with van der Waals surface area (Å²) in [5, 5.41) is 0. The molecule has 3 rings (SSSR count). The normalized spacial score (nSPS) is 17.0. The molecular weight excluding hydrogens is 314 g/mol. The maximum atomic E-state index is 12.2. The van der Waals surface area contributed by atoms with Crippen LogP contribution in [-0.4, -0.2) is 27.7 Å². The summed E-state index contributed by atoms with van der Waals surface area (Å²) in [6.45, 7) is 2.41. The molecule has 1 heterocycles. The molecular formula is C17H19NO4S. The number of para-hydroxylation sites is 2. The van der Waals surface area contributed by atoms with Gasteiger partial charge in [0.15, 0.2) is 11.5 Å². The van der Waals surface area contributed by atoms with E-state index in [-0.39, 0.29) is 18.4 Å². The van der Waals surface area contributed by atoms with Gasteiger partial charge in [0.25, 0.3) is 0 Å². The molecule has 0 spiro atoms. The first-order chi connectivity index (χ1) is 11.0. The minimum atomic E-state index is -3.42. The summed E-state index contributed by atoms with van der Waals surface area (Å²) in [6.07, 6.45) is -0.337. The van der Waals surface area contributed by atoms with Crippen molar-refractivity contribution in [3.8, 4) is 11.5 Å². The Hall–Kier alpha value is -2.05. The highest BCUT2D eigenvalue weighted by molar-refractivity contribution is 7.88. The van der Waals surface area contributed by atoms with Gasteiger partial charge in [0.1, 0.15) is 12.7 Å². The molecule has 0 aliphatic carbocycles. The second-order valence-corrected chi connectivity index (χ2v) is 7.34. The van der Waals surface area contributed by atoms with Crippen LogP contribution < -0.4 is 14.2 Å². The number of benzene rings is 2. The van der Waals surface area contributed by atoms with Crippen LogP contribution in [0, 0.1) is 6.92 Å². The number of rotatable bonds is 5. The molecule has 122 valence electrons. The Bertz CT molecular complexity index is 789. The van der Waals surface area contributed by atoms with Gasteiger partial charge in [-0.1, -0.05) is 36.4 Å². The molecule has 0 radical (unpaired) electrons. The Balaban J connectivity index is 1.59. The molecule has 0 saturated heterocycles. The lowest BCUT2D eigenvalue weighted by atomic mass is 10.1. The van der Waals surface area contributed by atoms with Crippen LogP contribution in [0.4, 0.5) is 0 Å². The smallest absolute Gasteiger partial charge is 0.215 e. The molecule has 2 aromatic rings. The van der Waals surface area contributed by atoms with Crippen LogP contribution in [-0.2, 0) is 15.8 Å². The molecule has 1 N–H and O–H groups in total. The van der Waals surface area contributed by atoms with Crippen LogP contribution in [0.1, 0.15) is 11.1 Å². The van der Waals surface area contributed by atoms with Gasteiger partial charge in [-0.3, -0.25) is 0 Å². The number of sulfonamides is 1. The molecule has 0 saturated carbocycles. The summed E-state index contributed by atoms with van der Waals surface area (Å²) in [4.78, 5) is 0. The highest BCUT2D eigenvalue weighted by Gasteiger charge is 2.22. The molecule has 0 unspecified atom stereocenters. The zero-order chi connectivity index (χ0) is 16.3. The summed E-state index contributed by atoms with van der Waals surface area (Å²) in [5.74, 6) is 1.29. The van der Waals surface area contributed by atoms with Crippen molar-refractivity contribution in [1.82, 2.24) is 4.72 Å². The van der Waals surface area contributed by atoms with Crippen molar-refractivity contribution < 1.29 is 17.9 Å². The maximum absolute atomic E-state index is 12.2. The van der Waals surface area contributed by atoms with Crippen molar-refractivity contribution in [2.75, 3.05) is 13.2 Å². The molecule has 1 aliphatic heterocycles. The van der Waals surface area contributed by atoms with Crippen LogP contribution in [0.5, 0.6) is 11.5 Å². The Morgan fingerprint density at radius 3 is 2.57 bits per heavy atom. The minimum absolute atomic E-state index is 0.0379. The van der Waals surface area contributed by atoms with E-state index in [4.69, 9.17) is 9.47 Å². The third-order valence-corrected chi connectivity index (χ3v) is 5.00. The number of nitrogens with one attached hydrogen (secondary N) is 1. The predicted octanol–water partition coefficient (Wildman–Crippen LogP) is 2.25. The standard InChI is InChI=1S/C17H19NO4S/c1-13-6-2-3-7-14(13)12-23(19,20)18-10-15-11-21-16-8-4-5-9-17(16)22-15/h2-9,15,18H,10-12H2,1H3/t15-/m1/s1. The fourth-order valence-electron chi connectivity index (χ4n) is 2.41. The third kappa shape index (κ3) is 4.03. The van der Waals surface area contributed by atoms with Crippen LogP contribution in [0.2, 0.25) is 0 Å². The average Bonchev–Trinajstić information content (AvgIpc) is 2.55. The lowest BCUT2D eigenvalue weighted by molar-refractivity contribution is 0.0943. The zero-order valence-corrected chi connectivity index (χ0v) is 13.7. The second kappa shape index (κ2) is 6.60. The minimum Gasteiger partial charge on any atom is -0.486 e. The van der Waals surface area contributed by atoms with E-state index in [0.29, 0.717) is 18.1 Å². The van der Waals surface area contributed by atoms with Gasteiger partial charge in [-0.15, -0.1) is 0 Å². The van der Waals surface area contributed by atoms with Gasteiger partial charge < -0.3 is 9.47 Å². The number of aryl methyl sites for hydroxylation is 1. The molecule has 23 heavy (non-hydrogen) atoms. The van der Waals surface area contributed by atoms with Gasteiger partial charge >= 0.3 is 0 Å². The van der Waals surface area contributed by atoms with Gasteiger partial charge in [-0.25, -0.2) is 13.1 Å². The molecule has 5 nitrogen and oxygen atoms in total. The zero-order valence-electron chi connectivity index (χ0n) is 12.9. The fraction of sp³-hybridized carbons (Fsp3) is 0.294. The van der Waals surface area contributed by atoms with Crippen molar-refractivity contribution in [1.29, 1.82) is 0 Å². The Morgan fingerprint density at radius 1 is 1.09 bits per heavy atom. The van der Waals surface area contributed by atoms with E-state index in [1.54, 1.807) is 0 Å². The molecule has 2 aromatic carbocycles. The number of fused-ring (bicyclic) bond motifs is 1. The van der Waals surface area contributed by atoms with Crippen molar-refractivity contribution in [2.45, 2.75) is 18.8 Å². The summed E-state index contributed by atoms with van der Waals surface area (Å²) in [6, 6.07) is 14.8. The van der Waals surface area contributed by atoms with E-state index in [0.717, 1.165) is 11.1 Å². The van der Waals surface area contributed by atoms with Crippen LogP contribution in [0.25, 0.3) is 0 Å². The van der Waals surface area contributed by atoms with Crippen molar-refractivity contribution in [3.63, 3.8) is 0 Å². The van der Waals surface area contributed by atoms with Crippen LogP contribution >= 0.6 is 0 Å². The van der Waals surface area contributed by atoms with Crippen LogP contribution in [0.3, 0.4) is 0 Å². The van der Waals surface area contributed by atoms with Gasteiger partial charge in [0, 0.05) is 0 Å². The van der Waals surface area contributed by atoms with Gasteiger partial charge in [0.2, 0.25) is 10.0 Å². The predicted molar refractivity (Wildman–Crippen MR) is 88.2 cm³/mol. The number of hydrogen-bond acceptors (Lipinski definition) is 4. The monoisotopic (exact) mass is 333 g/mol. The van der Waals surface area contributed by atoms with E-state index in [1.165, 1.54) is 0 Å². The Morgan fingerprint density at radius 2 is 1.78 bits per heavy atom. The molecule has 0 aromatic heterocycles. The van der Waals surface area contributed by atoms with E-state index in [1.807, 2.05) is 55.5 Å². The third-order valence-electron chi connectivity index (χ3n) is 3.71. The summed E-state index contributed by atoms with van der Waals surface area (Å²) < 4.78 is 38.4. The number of ether oxygens (including phenoxy) is 2. The quantitative estimate of drug-likeness (QED) is 0.911. The SMILES string of the molecule is Cc1ccccc1CS(=O)(=O)NC[C@@H]1COc2ccccc2O1. The first-order valence-corrected chi connectivity index (χ1v) is 9.09.